The molecule has 2 atom stereocenters. The lowest BCUT2D eigenvalue weighted by Crippen LogP contribution is -2.46. The van der Waals surface area contributed by atoms with E-state index in [1.807, 2.05) is 19.2 Å². The first-order valence-electron chi connectivity index (χ1n) is 6.89. The Labute approximate surface area is 115 Å². The van der Waals surface area contributed by atoms with Gasteiger partial charge in [0.1, 0.15) is 5.75 Å². The van der Waals surface area contributed by atoms with Crippen LogP contribution in [0, 0.1) is 0 Å². The number of rotatable bonds is 5. The lowest BCUT2D eigenvalue weighted by Gasteiger charge is -2.37. The minimum Gasteiger partial charge on any atom is -0.496 e. The summed E-state index contributed by atoms with van der Waals surface area (Å²) >= 11 is 0. The molecule has 0 radical (unpaired) electrons. The molecule has 0 spiro atoms. The van der Waals surface area contributed by atoms with Crippen molar-refractivity contribution >= 4 is 0 Å². The number of nitrogens with zero attached hydrogens (tertiary/aromatic N) is 1. The van der Waals surface area contributed by atoms with Crippen LogP contribution in [0.15, 0.2) is 24.3 Å². The molecule has 1 saturated heterocycles. The van der Waals surface area contributed by atoms with Crippen molar-refractivity contribution in [3.05, 3.63) is 29.8 Å². The van der Waals surface area contributed by atoms with Gasteiger partial charge < -0.3 is 14.8 Å². The zero-order valence-electron chi connectivity index (χ0n) is 12.1. The van der Waals surface area contributed by atoms with Gasteiger partial charge in [-0.1, -0.05) is 18.2 Å². The molecule has 1 aromatic rings. The van der Waals surface area contributed by atoms with Gasteiger partial charge in [-0.15, -0.1) is 0 Å². The molecule has 2 rings (SSSR count). The lowest BCUT2D eigenvalue weighted by atomic mass is 10.0. The van der Waals surface area contributed by atoms with Crippen LogP contribution < -0.4 is 10.1 Å². The van der Waals surface area contributed by atoms with Crippen molar-refractivity contribution in [1.82, 2.24) is 10.2 Å². The second-order valence-electron chi connectivity index (χ2n) is 4.96. The zero-order valence-corrected chi connectivity index (χ0v) is 12.1. The molecule has 0 aromatic heterocycles. The second kappa shape index (κ2) is 6.89. The van der Waals surface area contributed by atoms with Gasteiger partial charge in [0.25, 0.3) is 0 Å². The van der Waals surface area contributed by atoms with E-state index in [9.17, 15) is 0 Å². The van der Waals surface area contributed by atoms with Gasteiger partial charge in [0.2, 0.25) is 0 Å². The molecular weight excluding hydrogens is 240 g/mol. The Hall–Kier alpha value is -1.10. The molecule has 106 valence electrons. The summed E-state index contributed by atoms with van der Waals surface area (Å²) in [6.07, 6.45) is 0.274. The van der Waals surface area contributed by atoms with Gasteiger partial charge in [0, 0.05) is 31.2 Å². The number of methoxy groups -OCH3 is 1. The third-order valence-corrected chi connectivity index (χ3v) is 3.74. The fraction of sp³-hybridized carbons (Fsp3) is 0.600. The standard InChI is InChI=1S/C15H24N2O2/c1-12(14-6-4-5-7-15(14)18-3)17-8-9-19-13(11-17)10-16-2/h4-7,12-13,16H,8-11H2,1-3H3. The van der Waals surface area contributed by atoms with Crippen LogP contribution in [-0.4, -0.2) is 51.4 Å². The van der Waals surface area contributed by atoms with Crippen LogP contribution in [0.1, 0.15) is 18.5 Å². The van der Waals surface area contributed by atoms with Gasteiger partial charge in [-0.2, -0.15) is 0 Å². The molecule has 1 aliphatic rings. The summed E-state index contributed by atoms with van der Waals surface area (Å²) in [6.45, 7) is 5.86. The summed E-state index contributed by atoms with van der Waals surface area (Å²) < 4.78 is 11.2. The largest absolute Gasteiger partial charge is 0.496 e. The van der Waals surface area contributed by atoms with E-state index >= 15 is 0 Å². The first-order chi connectivity index (χ1) is 9.26. The van der Waals surface area contributed by atoms with E-state index in [4.69, 9.17) is 9.47 Å². The van der Waals surface area contributed by atoms with Crippen molar-refractivity contribution in [2.75, 3.05) is 40.4 Å². The second-order valence-corrected chi connectivity index (χ2v) is 4.96. The van der Waals surface area contributed by atoms with Crippen LogP contribution in [0.25, 0.3) is 0 Å². The van der Waals surface area contributed by atoms with E-state index in [-0.39, 0.29) is 6.10 Å². The maximum Gasteiger partial charge on any atom is 0.123 e. The van der Waals surface area contributed by atoms with Crippen molar-refractivity contribution in [2.45, 2.75) is 19.1 Å². The number of ether oxygens (including phenoxy) is 2. The zero-order chi connectivity index (χ0) is 13.7. The topological polar surface area (TPSA) is 33.7 Å². The number of benzene rings is 1. The summed E-state index contributed by atoms with van der Waals surface area (Å²) in [7, 11) is 3.70. The van der Waals surface area contributed by atoms with Crippen LogP contribution in [0.2, 0.25) is 0 Å². The molecule has 1 N–H and O–H groups in total. The van der Waals surface area contributed by atoms with Crippen LogP contribution in [-0.2, 0) is 4.74 Å². The first-order valence-corrected chi connectivity index (χ1v) is 6.89. The predicted molar refractivity (Wildman–Crippen MR) is 76.6 cm³/mol. The number of hydrogen-bond acceptors (Lipinski definition) is 4. The molecule has 19 heavy (non-hydrogen) atoms. The predicted octanol–water partition coefficient (Wildman–Crippen LogP) is 1.68. The van der Waals surface area contributed by atoms with E-state index in [1.165, 1.54) is 5.56 Å². The smallest absolute Gasteiger partial charge is 0.123 e. The summed E-state index contributed by atoms with van der Waals surface area (Å²) in [6, 6.07) is 8.60. The lowest BCUT2D eigenvalue weighted by molar-refractivity contribution is -0.0395. The molecular formula is C15H24N2O2. The van der Waals surface area contributed by atoms with Crippen molar-refractivity contribution in [2.24, 2.45) is 0 Å². The van der Waals surface area contributed by atoms with Crippen molar-refractivity contribution < 1.29 is 9.47 Å². The van der Waals surface area contributed by atoms with Gasteiger partial charge in [-0.25, -0.2) is 0 Å². The molecule has 0 amide bonds. The average molecular weight is 264 g/mol. The Morgan fingerprint density at radius 3 is 3.00 bits per heavy atom. The van der Waals surface area contributed by atoms with E-state index in [2.05, 4.69) is 29.3 Å². The minimum absolute atomic E-state index is 0.274. The number of morpholine rings is 1. The maximum atomic E-state index is 5.76. The third kappa shape index (κ3) is 3.47. The molecule has 0 aliphatic carbocycles. The number of nitrogens with one attached hydrogen (secondary N) is 1. The summed E-state index contributed by atoms with van der Waals surface area (Å²) in [5.74, 6) is 0.964. The minimum atomic E-state index is 0.274. The molecule has 1 heterocycles. The number of para-hydroxylation sites is 1. The van der Waals surface area contributed by atoms with Crippen molar-refractivity contribution in [1.29, 1.82) is 0 Å². The van der Waals surface area contributed by atoms with Crippen LogP contribution in [0.4, 0.5) is 0 Å². The third-order valence-electron chi connectivity index (χ3n) is 3.74. The SMILES string of the molecule is CNCC1CN(C(C)c2ccccc2OC)CCO1. The highest BCUT2D eigenvalue weighted by Crippen LogP contribution is 2.29. The molecule has 1 fully saturated rings. The van der Waals surface area contributed by atoms with Crippen LogP contribution >= 0.6 is 0 Å². The average Bonchev–Trinajstić information content (AvgIpc) is 2.47. The normalized spacial score (nSPS) is 22.2. The highest BCUT2D eigenvalue weighted by molar-refractivity contribution is 5.35. The molecule has 4 nitrogen and oxygen atoms in total. The van der Waals surface area contributed by atoms with E-state index in [0.717, 1.165) is 32.0 Å². The van der Waals surface area contributed by atoms with Gasteiger partial charge in [-0.3, -0.25) is 4.90 Å². The molecule has 1 aliphatic heterocycles. The Morgan fingerprint density at radius 1 is 1.47 bits per heavy atom. The van der Waals surface area contributed by atoms with E-state index < -0.39 is 0 Å². The van der Waals surface area contributed by atoms with Gasteiger partial charge in [-0.05, 0) is 20.0 Å². The van der Waals surface area contributed by atoms with Gasteiger partial charge in [0.15, 0.2) is 0 Å². The van der Waals surface area contributed by atoms with Gasteiger partial charge in [0.05, 0.1) is 19.8 Å². The Morgan fingerprint density at radius 2 is 2.26 bits per heavy atom. The first kappa shape index (κ1) is 14.3. The van der Waals surface area contributed by atoms with Crippen molar-refractivity contribution in [3.63, 3.8) is 0 Å². The molecule has 0 saturated carbocycles. The Kier molecular flexibility index (Phi) is 5.19. The molecule has 2 unspecified atom stereocenters. The van der Waals surface area contributed by atoms with Gasteiger partial charge >= 0.3 is 0 Å². The molecule has 4 heteroatoms. The quantitative estimate of drug-likeness (QED) is 0.877. The highest BCUT2D eigenvalue weighted by Gasteiger charge is 2.25. The monoisotopic (exact) mass is 264 g/mol. The molecule has 1 aromatic carbocycles. The molecule has 0 bridgehead atoms. The van der Waals surface area contributed by atoms with Crippen molar-refractivity contribution in [3.8, 4) is 5.75 Å². The van der Waals surface area contributed by atoms with Crippen LogP contribution in [0.5, 0.6) is 5.75 Å². The fourth-order valence-electron chi connectivity index (χ4n) is 2.65. The van der Waals surface area contributed by atoms with Crippen LogP contribution in [0.3, 0.4) is 0 Å². The summed E-state index contributed by atoms with van der Waals surface area (Å²) in [5.41, 5.74) is 1.25. The summed E-state index contributed by atoms with van der Waals surface area (Å²) in [4.78, 5) is 2.46. The van der Waals surface area contributed by atoms with E-state index in [0.29, 0.717) is 6.04 Å². The number of hydrogen-bond donors (Lipinski definition) is 1. The Balaban J connectivity index is 2.07. The fourth-order valence-corrected chi connectivity index (χ4v) is 2.65. The summed E-state index contributed by atoms with van der Waals surface area (Å²) in [5, 5.41) is 3.18. The number of likely N-dealkylation sites (N-methyl/N-ethyl adjacent to an activating group) is 1. The Bertz CT molecular complexity index is 395. The van der Waals surface area contributed by atoms with E-state index in [1.54, 1.807) is 7.11 Å². The highest BCUT2D eigenvalue weighted by atomic mass is 16.5. The maximum absolute atomic E-state index is 5.76.